The third-order valence-electron chi connectivity index (χ3n) is 5.74. The van der Waals surface area contributed by atoms with Crippen molar-refractivity contribution in [1.82, 2.24) is 15.0 Å². The minimum Gasteiger partial charge on any atom is -0.374 e. The van der Waals surface area contributed by atoms with Crippen LogP contribution in [0.2, 0.25) is 0 Å². The van der Waals surface area contributed by atoms with Gasteiger partial charge in [0.05, 0.1) is 31.3 Å². The van der Waals surface area contributed by atoms with Crippen LogP contribution in [0, 0.1) is 6.92 Å². The number of rotatable bonds is 3. The molecule has 6 nitrogen and oxygen atoms in total. The Kier molecular flexibility index (Phi) is 4.59. The summed E-state index contributed by atoms with van der Waals surface area (Å²) in [5.74, 6) is 1.09. The second-order valence-electron chi connectivity index (χ2n) is 7.34. The zero-order valence-corrected chi connectivity index (χ0v) is 14.4. The van der Waals surface area contributed by atoms with E-state index in [1.54, 1.807) is 0 Å². The Balaban J connectivity index is 1.43. The van der Waals surface area contributed by atoms with Crippen LogP contribution >= 0.6 is 0 Å². The molecule has 2 saturated heterocycles. The number of aryl methyl sites for hydroxylation is 1. The molecule has 1 aromatic heterocycles. The summed E-state index contributed by atoms with van der Waals surface area (Å²) in [6, 6.07) is 2.50. The van der Waals surface area contributed by atoms with Crippen molar-refractivity contribution in [3.8, 4) is 0 Å². The van der Waals surface area contributed by atoms with Gasteiger partial charge >= 0.3 is 0 Å². The Hall–Kier alpha value is -1.40. The summed E-state index contributed by atoms with van der Waals surface area (Å²) in [6.07, 6.45) is 7.03. The van der Waals surface area contributed by atoms with Gasteiger partial charge in [-0.2, -0.15) is 0 Å². The third-order valence-corrected chi connectivity index (χ3v) is 5.74. The highest BCUT2D eigenvalue weighted by atomic mass is 16.5. The first-order valence-corrected chi connectivity index (χ1v) is 9.31. The van der Waals surface area contributed by atoms with E-state index in [1.165, 1.54) is 12.8 Å². The number of fused-ring (bicyclic) bond motifs is 1. The predicted octanol–water partition coefficient (Wildman–Crippen LogP) is 2.29. The average molecular weight is 333 g/mol. The maximum Gasteiger partial charge on any atom is 0.237 e. The molecule has 3 fully saturated rings. The lowest BCUT2D eigenvalue weighted by Gasteiger charge is -2.44. The van der Waals surface area contributed by atoms with Gasteiger partial charge in [-0.05, 0) is 39.2 Å². The fourth-order valence-electron chi connectivity index (χ4n) is 4.56. The van der Waals surface area contributed by atoms with Crippen LogP contribution in [0.1, 0.15) is 56.0 Å². The molecule has 0 unspecified atom stereocenters. The second kappa shape index (κ2) is 6.84. The van der Waals surface area contributed by atoms with Gasteiger partial charge in [-0.15, -0.1) is 0 Å². The summed E-state index contributed by atoms with van der Waals surface area (Å²) in [4.78, 5) is 17.3. The molecule has 24 heavy (non-hydrogen) atoms. The number of carbonyl (C=O) groups is 1. The fourth-order valence-corrected chi connectivity index (χ4v) is 4.56. The first-order chi connectivity index (χ1) is 11.7. The summed E-state index contributed by atoms with van der Waals surface area (Å²) in [5, 5.41) is 4.17. The minimum absolute atomic E-state index is 0.217. The molecule has 0 radical (unpaired) electrons. The van der Waals surface area contributed by atoms with Crippen LogP contribution in [-0.2, 0) is 9.53 Å². The van der Waals surface area contributed by atoms with Gasteiger partial charge in [0.2, 0.25) is 5.91 Å². The number of aromatic nitrogens is 1. The molecule has 4 rings (SSSR count). The molecule has 6 heteroatoms. The van der Waals surface area contributed by atoms with Gasteiger partial charge in [0.15, 0.2) is 0 Å². The maximum absolute atomic E-state index is 13.0. The van der Waals surface area contributed by atoms with Gasteiger partial charge in [-0.25, -0.2) is 0 Å². The highest BCUT2D eigenvalue weighted by Crippen LogP contribution is 2.32. The summed E-state index contributed by atoms with van der Waals surface area (Å²) in [6.45, 7) is 4.78. The van der Waals surface area contributed by atoms with Gasteiger partial charge in [0, 0.05) is 12.6 Å². The van der Waals surface area contributed by atoms with Crippen molar-refractivity contribution >= 4 is 5.91 Å². The van der Waals surface area contributed by atoms with Gasteiger partial charge in [0.25, 0.3) is 0 Å². The van der Waals surface area contributed by atoms with E-state index in [9.17, 15) is 4.79 Å². The monoisotopic (exact) mass is 333 g/mol. The first kappa shape index (κ1) is 16.1. The van der Waals surface area contributed by atoms with Crippen molar-refractivity contribution in [3.63, 3.8) is 0 Å². The van der Waals surface area contributed by atoms with E-state index in [4.69, 9.17) is 9.26 Å². The number of carbonyl (C=O) groups excluding carboxylic acids is 1. The summed E-state index contributed by atoms with van der Waals surface area (Å²) < 4.78 is 11.1. The minimum atomic E-state index is 0.217. The lowest BCUT2D eigenvalue weighted by molar-refractivity contribution is -0.150. The maximum atomic E-state index is 13.0. The number of morpholine rings is 1. The van der Waals surface area contributed by atoms with Crippen LogP contribution in [0.3, 0.4) is 0 Å². The molecular weight excluding hydrogens is 306 g/mol. The van der Waals surface area contributed by atoms with Crippen LogP contribution in [0.25, 0.3) is 0 Å². The van der Waals surface area contributed by atoms with Crippen LogP contribution in [-0.4, -0.2) is 59.3 Å². The van der Waals surface area contributed by atoms with Gasteiger partial charge in [0.1, 0.15) is 11.5 Å². The average Bonchev–Trinajstić information content (AvgIpc) is 3.23. The van der Waals surface area contributed by atoms with E-state index < -0.39 is 0 Å². The summed E-state index contributed by atoms with van der Waals surface area (Å²) in [5.41, 5.74) is 0.968. The molecule has 3 aliphatic rings. The van der Waals surface area contributed by atoms with Crippen LogP contribution in [0.5, 0.6) is 0 Å². The molecule has 0 bridgehead atoms. The molecule has 1 amide bonds. The molecule has 0 aromatic carbocycles. The Morgan fingerprint density at radius 1 is 1.25 bits per heavy atom. The Morgan fingerprint density at radius 3 is 2.96 bits per heavy atom. The number of likely N-dealkylation sites (tertiary alicyclic amines) is 1. The summed E-state index contributed by atoms with van der Waals surface area (Å²) in [7, 11) is 0. The topological polar surface area (TPSA) is 58.8 Å². The van der Waals surface area contributed by atoms with E-state index in [2.05, 4.69) is 15.0 Å². The first-order valence-electron chi connectivity index (χ1n) is 9.31. The molecular formula is C18H27N3O3. The molecule has 1 aromatic rings. The van der Waals surface area contributed by atoms with E-state index >= 15 is 0 Å². The number of amides is 1. The molecule has 132 valence electrons. The largest absolute Gasteiger partial charge is 0.374 e. The fraction of sp³-hybridized carbons (Fsp3) is 0.778. The van der Waals surface area contributed by atoms with Crippen molar-refractivity contribution in [2.24, 2.45) is 0 Å². The number of ether oxygens (including phenoxy) is 1. The van der Waals surface area contributed by atoms with Crippen molar-refractivity contribution in [3.05, 3.63) is 17.5 Å². The van der Waals surface area contributed by atoms with E-state index in [-0.39, 0.29) is 24.1 Å². The molecule has 3 heterocycles. The van der Waals surface area contributed by atoms with Gasteiger partial charge in [-0.1, -0.05) is 18.0 Å². The van der Waals surface area contributed by atoms with E-state index in [0.29, 0.717) is 13.2 Å². The molecule has 3 atom stereocenters. The third kappa shape index (κ3) is 3.09. The van der Waals surface area contributed by atoms with Crippen molar-refractivity contribution < 1.29 is 14.1 Å². The van der Waals surface area contributed by atoms with Gasteiger partial charge in [-0.3, -0.25) is 9.69 Å². The van der Waals surface area contributed by atoms with Crippen molar-refractivity contribution in [2.75, 3.05) is 26.2 Å². The van der Waals surface area contributed by atoms with Crippen LogP contribution in [0.15, 0.2) is 10.6 Å². The molecule has 0 spiro atoms. The Labute approximate surface area is 143 Å². The second-order valence-corrected chi connectivity index (χ2v) is 7.34. The highest BCUT2D eigenvalue weighted by molar-refractivity contribution is 5.79. The molecule has 1 saturated carbocycles. The number of nitrogens with zero attached hydrogens (tertiary/aromatic N) is 3. The number of hydrogen-bond acceptors (Lipinski definition) is 5. The summed E-state index contributed by atoms with van der Waals surface area (Å²) >= 11 is 0. The van der Waals surface area contributed by atoms with Gasteiger partial charge < -0.3 is 14.2 Å². The van der Waals surface area contributed by atoms with Crippen LogP contribution in [0.4, 0.5) is 0 Å². The Morgan fingerprint density at radius 2 is 2.12 bits per heavy atom. The van der Waals surface area contributed by atoms with Crippen molar-refractivity contribution in [1.29, 1.82) is 0 Å². The zero-order chi connectivity index (χ0) is 16.5. The van der Waals surface area contributed by atoms with E-state index in [0.717, 1.165) is 50.2 Å². The molecule has 0 N–H and O–H groups in total. The SMILES string of the molecule is Cc1cc([C@@H]2CCCN2CC(=O)N2CCO[C@@H]3CCCC[C@H]32)no1. The van der Waals surface area contributed by atoms with Crippen LogP contribution < -0.4 is 0 Å². The molecule has 1 aliphatic carbocycles. The van der Waals surface area contributed by atoms with Crippen molar-refractivity contribution in [2.45, 2.75) is 63.6 Å². The standard InChI is InChI=1S/C18H27N3O3/c1-13-11-14(19-24-13)15-6-4-8-20(15)12-18(22)21-9-10-23-17-7-3-2-5-16(17)21/h11,15-17H,2-10,12H2,1H3/t15-,16+,17+/m0/s1. The lowest BCUT2D eigenvalue weighted by atomic mass is 9.90. The highest BCUT2D eigenvalue weighted by Gasteiger charge is 2.38. The zero-order valence-electron chi connectivity index (χ0n) is 14.4. The normalized spacial score (nSPS) is 31.2. The Bertz CT molecular complexity index is 586. The number of hydrogen-bond donors (Lipinski definition) is 0. The lowest BCUT2D eigenvalue weighted by Crippen LogP contribution is -2.56. The smallest absolute Gasteiger partial charge is 0.237 e. The quantitative estimate of drug-likeness (QED) is 0.849. The van der Waals surface area contributed by atoms with E-state index in [1.807, 2.05) is 13.0 Å². The molecule has 2 aliphatic heterocycles. The predicted molar refractivity (Wildman–Crippen MR) is 88.5 cm³/mol.